The minimum Gasteiger partial charge on any atom is -0.383 e. The molecule has 2 N–H and O–H groups in total. The van der Waals surface area contributed by atoms with Crippen LogP contribution in [-0.4, -0.2) is 22.5 Å². The number of rotatable bonds is 6. The molecule has 1 fully saturated rings. The lowest BCUT2D eigenvalue weighted by Gasteiger charge is -2.30. The number of aromatic nitrogens is 1. The first-order valence-corrected chi connectivity index (χ1v) is 7.66. The molecular formula is C15H24N4O2. The van der Waals surface area contributed by atoms with Gasteiger partial charge >= 0.3 is 0 Å². The average molecular weight is 292 g/mol. The van der Waals surface area contributed by atoms with Crippen LogP contribution in [0.1, 0.15) is 46.0 Å². The van der Waals surface area contributed by atoms with E-state index in [1.165, 1.54) is 18.9 Å². The highest BCUT2D eigenvalue weighted by Gasteiger charge is 2.25. The Hall–Kier alpha value is -1.85. The van der Waals surface area contributed by atoms with E-state index in [0.29, 0.717) is 17.8 Å². The van der Waals surface area contributed by atoms with Crippen molar-refractivity contribution in [1.29, 1.82) is 0 Å². The fourth-order valence-corrected chi connectivity index (χ4v) is 2.87. The molecule has 2 rings (SSSR count). The molecule has 6 nitrogen and oxygen atoms in total. The monoisotopic (exact) mass is 292 g/mol. The Morgan fingerprint density at radius 3 is 2.67 bits per heavy atom. The smallest absolute Gasteiger partial charge is 0.276 e. The number of hydrogen-bond donors (Lipinski definition) is 1. The van der Waals surface area contributed by atoms with Crippen molar-refractivity contribution in [3.63, 3.8) is 0 Å². The Bertz CT molecular complexity index is 498. The summed E-state index contributed by atoms with van der Waals surface area (Å²) >= 11 is 0. The van der Waals surface area contributed by atoms with Crippen molar-refractivity contribution < 1.29 is 4.92 Å². The molecule has 116 valence electrons. The van der Waals surface area contributed by atoms with Crippen molar-refractivity contribution in [3.8, 4) is 0 Å². The van der Waals surface area contributed by atoms with E-state index in [1.54, 1.807) is 6.07 Å². The predicted molar refractivity (Wildman–Crippen MR) is 84.4 cm³/mol. The van der Waals surface area contributed by atoms with E-state index in [-0.39, 0.29) is 11.5 Å². The normalized spacial score (nSPS) is 15.6. The van der Waals surface area contributed by atoms with Gasteiger partial charge in [-0.2, -0.15) is 0 Å². The lowest BCUT2D eigenvalue weighted by Crippen LogP contribution is -2.35. The molecule has 0 saturated heterocycles. The van der Waals surface area contributed by atoms with Crippen molar-refractivity contribution in [2.24, 2.45) is 5.92 Å². The fourth-order valence-electron chi connectivity index (χ4n) is 2.87. The van der Waals surface area contributed by atoms with Gasteiger partial charge in [0.05, 0.1) is 17.1 Å². The zero-order valence-corrected chi connectivity index (χ0v) is 12.8. The standard InChI is InChI=1S/C15H24N4O2/c1-11(2)7-8-18(12-5-3-4-6-12)15-10-13(19(20)21)9-14(16)17-15/h9-12H,3-8H2,1-2H3,(H2,16,17). The lowest BCUT2D eigenvalue weighted by atomic mass is 10.1. The Labute approximate surface area is 125 Å². The van der Waals surface area contributed by atoms with Gasteiger partial charge in [-0.05, 0) is 25.2 Å². The molecule has 1 aromatic rings. The summed E-state index contributed by atoms with van der Waals surface area (Å²) in [5.74, 6) is 1.45. The fraction of sp³-hybridized carbons (Fsp3) is 0.667. The minimum atomic E-state index is -0.406. The summed E-state index contributed by atoms with van der Waals surface area (Å²) < 4.78 is 0. The zero-order valence-electron chi connectivity index (χ0n) is 12.8. The van der Waals surface area contributed by atoms with Crippen LogP contribution in [0.3, 0.4) is 0 Å². The van der Waals surface area contributed by atoms with Crippen LogP contribution in [0.15, 0.2) is 12.1 Å². The van der Waals surface area contributed by atoms with E-state index < -0.39 is 4.92 Å². The van der Waals surface area contributed by atoms with Gasteiger partial charge in [0.15, 0.2) is 0 Å². The molecule has 1 aliphatic rings. The van der Waals surface area contributed by atoms with Gasteiger partial charge in [-0.25, -0.2) is 4.98 Å². The predicted octanol–water partition coefficient (Wildman–Crippen LogP) is 3.37. The molecule has 1 saturated carbocycles. The molecule has 0 bridgehead atoms. The van der Waals surface area contributed by atoms with E-state index in [9.17, 15) is 10.1 Å². The summed E-state index contributed by atoms with van der Waals surface area (Å²) in [6.07, 6.45) is 5.73. The molecule has 1 aromatic heterocycles. The molecule has 1 aliphatic carbocycles. The van der Waals surface area contributed by atoms with Crippen LogP contribution in [0.2, 0.25) is 0 Å². The van der Waals surface area contributed by atoms with Crippen LogP contribution in [0.25, 0.3) is 0 Å². The molecule has 0 unspecified atom stereocenters. The third-order valence-electron chi connectivity index (χ3n) is 4.03. The van der Waals surface area contributed by atoms with Crippen LogP contribution >= 0.6 is 0 Å². The summed E-state index contributed by atoms with van der Waals surface area (Å²) in [6.45, 7) is 5.24. The van der Waals surface area contributed by atoms with Crippen LogP contribution in [-0.2, 0) is 0 Å². The number of hydrogen-bond acceptors (Lipinski definition) is 5. The second-order valence-corrected chi connectivity index (χ2v) is 6.18. The number of nitrogen functional groups attached to an aromatic ring is 1. The van der Waals surface area contributed by atoms with E-state index in [2.05, 4.69) is 23.7 Å². The van der Waals surface area contributed by atoms with Crippen LogP contribution < -0.4 is 10.6 Å². The highest BCUT2D eigenvalue weighted by Crippen LogP contribution is 2.30. The topological polar surface area (TPSA) is 85.3 Å². The van der Waals surface area contributed by atoms with Gasteiger partial charge in [0.25, 0.3) is 5.69 Å². The Morgan fingerprint density at radius 2 is 2.10 bits per heavy atom. The number of nitrogens with zero attached hydrogens (tertiary/aromatic N) is 3. The van der Waals surface area contributed by atoms with E-state index in [4.69, 9.17) is 5.73 Å². The lowest BCUT2D eigenvalue weighted by molar-refractivity contribution is -0.384. The summed E-state index contributed by atoms with van der Waals surface area (Å²) in [5.41, 5.74) is 5.77. The van der Waals surface area contributed by atoms with Crippen molar-refractivity contribution in [2.45, 2.75) is 52.0 Å². The average Bonchev–Trinajstić information content (AvgIpc) is 2.92. The third-order valence-corrected chi connectivity index (χ3v) is 4.03. The second-order valence-electron chi connectivity index (χ2n) is 6.18. The molecule has 0 aromatic carbocycles. The van der Waals surface area contributed by atoms with Gasteiger partial charge in [-0.3, -0.25) is 10.1 Å². The molecule has 21 heavy (non-hydrogen) atoms. The molecule has 0 radical (unpaired) electrons. The quantitative estimate of drug-likeness (QED) is 0.641. The zero-order chi connectivity index (χ0) is 15.4. The maximum absolute atomic E-state index is 11.0. The first-order chi connectivity index (χ1) is 9.97. The third kappa shape index (κ3) is 4.06. The number of pyridine rings is 1. The summed E-state index contributed by atoms with van der Waals surface area (Å²) in [7, 11) is 0. The van der Waals surface area contributed by atoms with Gasteiger partial charge in [0, 0.05) is 12.6 Å². The minimum absolute atomic E-state index is 0.0186. The summed E-state index contributed by atoms with van der Waals surface area (Å²) in [6, 6.07) is 3.30. The molecule has 0 spiro atoms. The first kappa shape index (κ1) is 15.5. The Kier molecular flexibility index (Phi) is 4.98. The highest BCUT2D eigenvalue weighted by atomic mass is 16.6. The van der Waals surface area contributed by atoms with Crippen molar-refractivity contribution in [2.75, 3.05) is 17.2 Å². The van der Waals surface area contributed by atoms with Crippen molar-refractivity contribution in [3.05, 3.63) is 22.2 Å². The summed E-state index contributed by atoms with van der Waals surface area (Å²) in [5, 5.41) is 11.0. The van der Waals surface area contributed by atoms with Gasteiger partial charge in [0.1, 0.15) is 11.6 Å². The Morgan fingerprint density at radius 1 is 1.43 bits per heavy atom. The number of nitro groups is 1. The van der Waals surface area contributed by atoms with Crippen molar-refractivity contribution >= 4 is 17.3 Å². The molecule has 0 amide bonds. The van der Waals surface area contributed by atoms with Gasteiger partial charge in [-0.1, -0.05) is 26.7 Å². The SMILES string of the molecule is CC(C)CCN(c1cc([N+](=O)[O-])cc(N)n1)C1CCCC1. The second kappa shape index (κ2) is 6.74. The highest BCUT2D eigenvalue weighted by molar-refractivity contribution is 5.54. The number of nitrogens with two attached hydrogens (primary N) is 1. The van der Waals surface area contributed by atoms with Crippen LogP contribution in [0.4, 0.5) is 17.3 Å². The summed E-state index contributed by atoms with van der Waals surface area (Å²) in [4.78, 5) is 17.2. The van der Waals surface area contributed by atoms with Crippen LogP contribution in [0, 0.1) is 16.0 Å². The van der Waals surface area contributed by atoms with Gasteiger partial charge in [-0.15, -0.1) is 0 Å². The maximum Gasteiger partial charge on any atom is 0.276 e. The largest absolute Gasteiger partial charge is 0.383 e. The molecule has 1 heterocycles. The van der Waals surface area contributed by atoms with E-state index in [1.807, 2.05) is 0 Å². The van der Waals surface area contributed by atoms with Gasteiger partial charge < -0.3 is 10.6 Å². The molecule has 0 aliphatic heterocycles. The molecular weight excluding hydrogens is 268 g/mol. The van der Waals surface area contributed by atoms with Gasteiger partial charge in [0.2, 0.25) is 0 Å². The number of anilines is 2. The van der Waals surface area contributed by atoms with Crippen molar-refractivity contribution in [1.82, 2.24) is 4.98 Å². The van der Waals surface area contributed by atoms with Crippen LogP contribution in [0.5, 0.6) is 0 Å². The van der Waals surface area contributed by atoms with E-state index >= 15 is 0 Å². The maximum atomic E-state index is 11.0. The Balaban J connectivity index is 2.28. The first-order valence-electron chi connectivity index (χ1n) is 7.66. The molecule has 0 atom stereocenters. The van der Waals surface area contributed by atoms with E-state index in [0.717, 1.165) is 25.8 Å². The molecule has 6 heteroatoms.